The number of aliphatic hydroxyl groups is 2. The van der Waals surface area contributed by atoms with Gasteiger partial charge >= 0.3 is 0 Å². The number of aliphatic hydroxyl groups excluding tert-OH is 1. The first-order chi connectivity index (χ1) is 5.38. The molecule has 0 aromatic heterocycles. The van der Waals surface area contributed by atoms with Gasteiger partial charge in [0.05, 0.1) is 5.60 Å². The molecule has 0 rings (SSSR count). The van der Waals surface area contributed by atoms with Crippen LogP contribution in [0.25, 0.3) is 0 Å². The standard InChI is InChI=1S/C10H20O2/c1-8(5-6-11)7-9(2)10(3,4)12/h7,9,11-12H,5-6H2,1-4H3. The van der Waals surface area contributed by atoms with Gasteiger partial charge in [-0.05, 0) is 27.2 Å². The van der Waals surface area contributed by atoms with E-state index >= 15 is 0 Å². The highest BCUT2D eigenvalue weighted by atomic mass is 16.3. The summed E-state index contributed by atoms with van der Waals surface area (Å²) in [5.74, 6) is 0.129. The lowest BCUT2D eigenvalue weighted by atomic mass is 9.91. The molecule has 0 aliphatic heterocycles. The van der Waals surface area contributed by atoms with E-state index in [4.69, 9.17) is 5.11 Å². The Morgan fingerprint density at radius 1 is 1.50 bits per heavy atom. The Hall–Kier alpha value is -0.340. The third-order valence-corrected chi connectivity index (χ3v) is 2.15. The van der Waals surface area contributed by atoms with Gasteiger partial charge in [-0.15, -0.1) is 0 Å². The van der Waals surface area contributed by atoms with E-state index in [1.807, 2.05) is 19.9 Å². The third-order valence-electron chi connectivity index (χ3n) is 2.15. The van der Waals surface area contributed by atoms with Crippen molar-refractivity contribution in [2.45, 2.75) is 39.7 Å². The molecule has 0 amide bonds. The van der Waals surface area contributed by atoms with Gasteiger partial charge in [0.2, 0.25) is 0 Å². The third kappa shape index (κ3) is 4.52. The molecule has 0 aliphatic carbocycles. The summed E-state index contributed by atoms with van der Waals surface area (Å²) >= 11 is 0. The van der Waals surface area contributed by atoms with Crippen molar-refractivity contribution in [3.8, 4) is 0 Å². The molecular formula is C10H20O2. The van der Waals surface area contributed by atoms with Crippen molar-refractivity contribution >= 4 is 0 Å². The quantitative estimate of drug-likeness (QED) is 0.634. The molecule has 1 unspecified atom stereocenters. The highest BCUT2D eigenvalue weighted by Gasteiger charge is 2.19. The summed E-state index contributed by atoms with van der Waals surface area (Å²) in [4.78, 5) is 0. The second-order valence-corrected chi connectivity index (χ2v) is 3.93. The molecule has 0 aromatic carbocycles. The number of rotatable bonds is 4. The Morgan fingerprint density at radius 2 is 2.00 bits per heavy atom. The molecule has 0 heterocycles. The van der Waals surface area contributed by atoms with Crippen LogP contribution in [-0.4, -0.2) is 22.4 Å². The second-order valence-electron chi connectivity index (χ2n) is 3.93. The zero-order valence-corrected chi connectivity index (χ0v) is 8.46. The van der Waals surface area contributed by atoms with E-state index in [2.05, 4.69) is 0 Å². The highest BCUT2D eigenvalue weighted by Crippen LogP contribution is 2.19. The van der Waals surface area contributed by atoms with Crippen LogP contribution in [-0.2, 0) is 0 Å². The lowest BCUT2D eigenvalue weighted by molar-refractivity contribution is 0.0437. The predicted octanol–water partition coefficient (Wildman–Crippen LogP) is 1.72. The summed E-state index contributed by atoms with van der Waals surface area (Å²) in [7, 11) is 0. The fourth-order valence-corrected chi connectivity index (χ4v) is 0.890. The summed E-state index contributed by atoms with van der Waals surface area (Å²) < 4.78 is 0. The molecule has 0 bridgehead atoms. The van der Waals surface area contributed by atoms with Crippen molar-refractivity contribution in [1.82, 2.24) is 0 Å². The van der Waals surface area contributed by atoms with Crippen LogP contribution in [0.1, 0.15) is 34.1 Å². The lowest BCUT2D eigenvalue weighted by Gasteiger charge is -2.23. The zero-order chi connectivity index (χ0) is 9.78. The van der Waals surface area contributed by atoms with Gasteiger partial charge < -0.3 is 10.2 Å². The summed E-state index contributed by atoms with van der Waals surface area (Å²) in [6, 6.07) is 0. The first-order valence-corrected chi connectivity index (χ1v) is 4.38. The minimum atomic E-state index is -0.670. The molecule has 1 atom stereocenters. The highest BCUT2D eigenvalue weighted by molar-refractivity contribution is 5.03. The van der Waals surface area contributed by atoms with Gasteiger partial charge in [-0.1, -0.05) is 18.6 Å². The Bertz CT molecular complexity index is 154. The van der Waals surface area contributed by atoms with Crippen molar-refractivity contribution in [3.63, 3.8) is 0 Å². The topological polar surface area (TPSA) is 40.5 Å². The summed E-state index contributed by atoms with van der Waals surface area (Å²) in [5.41, 5.74) is 0.462. The van der Waals surface area contributed by atoms with Crippen molar-refractivity contribution in [3.05, 3.63) is 11.6 Å². The maximum Gasteiger partial charge on any atom is 0.0651 e. The van der Waals surface area contributed by atoms with E-state index in [-0.39, 0.29) is 12.5 Å². The maximum atomic E-state index is 9.60. The molecule has 0 fully saturated rings. The van der Waals surface area contributed by atoms with E-state index < -0.39 is 5.60 Å². The van der Waals surface area contributed by atoms with E-state index in [1.165, 1.54) is 0 Å². The normalized spacial score (nSPS) is 16.3. The largest absolute Gasteiger partial charge is 0.396 e. The van der Waals surface area contributed by atoms with Gasteiger partial charge in [-0.2, -0.15) is 0 Å². The first-order valence-electron chi connectivity index (χ1n) is 4.38. The van der Waals surface area contributed by atoms with Gasteiger partial charge in [0.1, 0.15) is 0 Å². The average molecular weight is 172 g/mol. The number of hydrogen-bond donors (Lipinski definition) is 2. The van der Waals surface area contributed by atoms with E-state index in [0.29, 0.717) is 6.42 Å². The molecule has 0 saturated carbocycles. The molecule has 2 N–H and O–H groups in total. The van der Waals surface area contributed by atoms with Gasteiger partial charge in [0, 0.05) is 12.5 Å². The van der Waals surface area contributed by atoms with Crippen LogP contribution < -0.4 is 0 Å². The van der Waals surface area contributed by atoms with Crippen LogP contribution in [0.15, 0.2) is 11.6 Å². The van der Waals surface area contributed by atoms with E-state index in [1.54, 1.807) is 13.8 Å². The van der Waals surface area contributed by atoms with Gasteiger partial charge in [-0.25, -0.2) is 0 Å². The minimum absolute atomic E-state index is 0.129. The summed E-state index contributed by atoms with van der Waals surface area (Å²) in [6.45, 7) is 7.71. The van der Waals surface area contributed by atoms with Crippen LogP contribution in [0, 0.1) is 5.92 Å². The van der Waals surface area contributed by atoms with Crippen LogP contribution >= 0.6 is 0 Å². The fraction of sp³-hybridized carbons (Fsp3) is 0.800. The monoisotopic (exact) mass is 172 g/mol. The van der Waals surface area contributed by atoms with Crippen molar-refractivity contribution in [1.29, 1.82) is 0 Å². The van der Waals surface area contributed by atoms with Crippen molar-refractivity contribution in [2.24, 2.45) is 5.92 Å². The van der Waals surface area contributed by atoms with Gasteiger partial charge in [0.25, 0.3) is 0 Å². The molecule has 0 spiro atoms. The van der Waals surface area contributed by atoms with Crippen LogP contribution in [0.4, 0.5) is 0 Å². The number of hydrogen-bond acceptors (Lipinski definition) is 2. The SMILES string of the molecule is CC(=CC(C)C(C)(C)O)CCO. The van der Waals surface area contributed by atoms with Crippen LogP contribution in [0.5, 0.6) is 0 Å². The first kappa shape index (κ1) is 11.7. The zero-order valence-electron chi connectivity index (χ0n) is 8.46. The molecule has 2 nitrogen and oxygen atoms in total. The second kappa shape index (κ2) is 4.63. The van der Waals surface area contributed by atoms with E-state index in [9.17, 15) is 5.11 Å². The fourth-order valence-electron chi connectivity index (χ4n) is 0.890. The van der Waals surface area contributed by atoms with Crippen LogP contribution in [0.3, 0.4) is 0 Å². The molecule has 0 aliphatic rings. The molecule has 2 heteroatoms. The van der Waals surface area contributed by atoms with E-state index in [0.717, 1.165) is 5.57 Å². The van der Waals surface area contributed by atoms with Crippen molar-refractivity contribution in [2.75, 3.05) is 6.61 Å². The Balaban J connectivity index is 4.14. The predicted molar refractivity (Wildman–Crippen MR) is 50.9 cm³/mol. The Morgan fingerprint density at radius 3 is 2.33 bits per heavy atom. The molecular weight excluding hydrogens is 152 g/mol. The van der Waals surface area contributed by atoms with Gasteiger partial charge in [-0.3, -0.25) is 0 Å². The lowest BCUT2D eigenvalue weighted by Crippen LogP contribution is -2.27. The summed E-state index contributed by atoms with van der Waals surface area (Å²) in [6.07, 6.45) is 2.70. The molecule has 0 radical (unpaired) electrons. The average Bonchev–Trinajstić information content (AvgIpc) is 1.85. The Kier molecular flexibility index (Phi) is 4.50. The van der Waals surface area contributed by atoms with Crippen molar-refractivity contribution < 1.29 is 10.2 Å². The molecule has 12 heavy (non-hydrogen) atoms. The van der Waals surface area contributed by atoms with Gasteiger partial charge in [0.15, 0.2) is 0 Å². The summed E-state index contributed by atoms with van der Waals surface area (Å²) in [5, 5.41) is 18.2. The Labute approximate surface area is 74.9 Å². The molecule has 0 saturated heterocycles. The van der Waals surface area contributed by atoms with Crippen LogP contribution in [0.2, 0.25) is 0 Å². The maximum absolute atomic E-state index is 9.60. The molecule has 0 aromatic rings. The minimum Gasteiger partial charge on any atom is -0.396 e. The smallest absolute Gasteiger partial charge is 0.0651 e. The molecule has 72 valence electrons.